The van der Waals surface area contributed by atoms with Gasteiger partial charge in [-0.05, 0) is 20.3 Å². The van der Waals surface area contributed by atoms with E-state index in [0.29, 0.717) is 6.42 Å². The SMILES string of the molecule is CC(N)CC(C)N=O. The van der Waals surface area contributed by atoms with E-state index < -0.39 is 0 Å². The third-order valence-corrected chi connectivity index (χ3v) is 0.893. The molecule has 0 aromatic heterocycles. The van der Waals surface area contributed by atoms with Crippen molar-refractivity contribution in [1.29, 1.82) is 0 Å². The van der Waals surface area contributed by atoms with Crippen LogP contribution in [-0.4, -0.2) is 12.1 Å². The quantitative estimate of drug-likeness (QED) is 0.556. The molecule has 0 radical (unpaired) electrons. The van der Waals surface area contributed by atoms with Crippen LogP contribution in [0.25, 0.3) is 0 Å². The van der Waals surface area contributed by atoms with Crippen molar-refractivity contribution in [3.63, 3.8) is 0 Å². The minimum atomic E-state index is -0.130. The second kappa shape index (κ2) is 3.55. The summed E-state index contributed by atoms with van der Waals surface area (Å²) in [5.41, 5.74) is 5.37. The molecule has 2 N–H and O–H groups in total. The van der Waals surface area contributed by atoms with Crippen LogP contribution < -0.4 is 5.73 Å². The lowest BCUT2D eigenvalue weighted by molar-refractivity contribution is 0.579. The summed E-state index contributed by atoms with van der Waals surface area (Å²) in [7, 11) is 0. The lowest BCUT2D eigenvalue weighted by atomic mass is 10.1. The van der Waals surface area contributed by atoms with E-state index in [1.807, 2.05) is 6.92 Å². The van der Waals surface area contributed by atoms with Gasteiger partial charge in [-0.3, -0.25) is 0 Å². The molecule has 48 valence electrons. The van der Waals surface area contributed by atoms with Gasteiger partial charge < -0.3 is 5.73 Å². The Morgan fingerprint density at radius 3 is 2.25 bits per heavy atom. The standard InChI is InChI=1S/C5H12N2O/c1-4(6)3-5(2)7-8/h4-5H,3,6H2,1-2H3. The maximum Gasteiger partial charge on any atom is 0.0906 e. The van der Waals surface area contributed by atoms with Crippen molar-refractivity contribution < 1.29 is 0 Å². The average molecular weight is 116 g/mol. The van der Waals surface area contributed by atoms with Gasteiger partial charge >= 0.3 is 0 Å². The van der Waals surface area contributed by atoms with Crippen LogP contribution in [0.4, 0.5) is 0 Å². The molecule has 0 rings (SSSR count). The summed E-state index contributed by atoms with van der Waals surface area (Å²) in [5.74, 6) is 0. The first-order valence-electron chi connectivity index (χ1n) is 2.75. The maximum absolute atomic E-state index is 9.73. The van der Waals surface area contributed by atoms with Crippen LogP contribution in [0.2, 0.25) is 0 Å². The van der Waals surface area contributed by atoms with Crippen LogP contribution in [0, 0.1) is 4.91 Å². The normalized spacial score (nSPS) is 17.4. The number of hydrogen-bond donors (Lipinski definition) is 1. The summed E-state index contributed by atoms with van der Waals surface area (Å²) in [6, 6.07) is -0.0438. The van der Waals surface area contributed by atoms with E-state index in [0.717, 1.165) is 0 Å². The summed E-state index contributed by atoms with van der Waals surface area (Å²) in [5, 5.41) is 2.80. The highest BCUT2D eigenvalue weighted by atomic mass is 16.3. The number of hydrogen-bond acceptors (Lipinski definition) is 3. The van der Waals surface area contributed by atoms with Gasteiger partial charge in [0.25, 0.3) is 0 Å². The van der Waals surface area contributed by atoms with Gasteiger partial charge in [0, 0.05) is 6.04 Å². The van der Waals surface area contributed by atoms with E-state index in [2.05, 4.69) is 5.18 Å². The second-order valence-corrected chi connectivity index (χ2v) is 2.17. The number of nitroso groups, excluding NO2 is 1. The molecule has 0 fully saturated rings. The van der Waals surface area contributed by atoms with E-state index in [1.165, 1.54) is 0 Å². The molecule has 3 heteroatoms. The van der Waals surface area contributed by atoms with Gasteiger partial charge in [-0.2, -0.15) is 4.91 Å². The van der Waals surface area contributed by atoms with Gasteiger partial charge in [0.15, 0.2) is 0 Å². The number of nitrogens with zero attached hydrogens (tertiary/aromatic N) is 1. The Balaban J connectivity index is 3.23. The van der Waals surface area contributed by atoms with Gasteiger partial charge in [-0.1, -0.05) is 5.18 Å². The highest BCUT2D eigenvalue weighted by Crippen LogP contribution is 1.97. The smallest absolute Gasteiger partial charge is 0.0906 e. The van der Waals surface area contributed by atoms with Gasteiger partial charge in [0.1, 0.15) is 0 Å². The zero-order valence-electron chi connectivity index (χ0n) is 5.29. The molecule has 0 saturated heterocycles. The molecule has 0 aromatic carbocycles. The minimum absolute atomic E-state index is 0.0858. The van der Waals surface area contributed by atoms with Gasteiger partial charge in [0.05, 0.1) is 6.04 Å². The molecule has 0 saturated carbocycles. The predicted octanol–water partition coefficient (Wildman–Crippen LogP) is 0.879. The zero-order chi connectivity index (χ0) is 6.57. The van der Waals surface area contributed by atoms with Crippen molar-refractivity contribution in [2.24, 2.45) is 10.9 Å². The molecule has 0 aliphatic heterocycles. The Hall–Kier alpha value is -0.440. The van der Waals surface area contributed by atoms with Gasteiger partial charge in [-0.25, -0.2) is 0 Å². The lowest BCUT2D eigenvalue weighted by Crippen LogP contribution is -2.19. The van der Waals surface area contributed by atoms with Crippen molar-refractivity contribution in [3.8, 4) is 0 Å². The van der Waals surface area contributed by atoms with Crippen molar-refractivity contribution in [1.82, 2.24) is 0 Å². The highest BCUT2D eigenvalue weighted by Gasteiger charge is 2.02. The fourth-order valence-electron chi connectivity index (χ4n) is 0.581. The minimum Gasteiger partial charge on any atom is -0.328 e. The van der Waals surface area contributed by atoms with Crippen molar-refractivity contribution in [2.75, 3.05) is 0 Å². The monoisotopic (exact) mass is 116 g/mol. The Labute approximate surface area is 49.2 Å². The van der Waals surface area contributed by atoms with Gasteiger partial charge in [0.2, 0.25) is 0 Å². The second-order valence-electron chi connectivity index (χ2n) is 2.17. The van der Waals surface area contributed by atoms with Crippen LogP contribution in [-0.2, 0) is 0 Å². The third-order valence-electron chi connectivity index (χ3n) is 0.893. The fraction of sp³-hybridized carbons (Fsp3) is 1.00. The van der Waals surface area contributed by atoms with E-state index >= 15 is 0 Å². The summed E-state index contributed by atoms with van der Waals surface area (Å²) in [6.07, 6.45) is 0.684. The third kappa shape index (κ3) is 3.74. The number of rotatable bonds is 3. The van der Waals surface area contributed by atoms with E-state index in [1.54, 1.807) is 6.92 Å². The molecule has 0 amide bonds. The predicted molar refractivity (Wildman–Crippen MR) is 33.5 cm³/mol. The molecule has 0 heterocycles. The lowest BCUT2D eigenvalue weighted by Gasteiger charge is -2.03. The Bertz CT molecular complexity index is 72.8. The van der Waals surface area contributed by atoms with E-state index in [-0.39, 0.29) is 12.1 Å². The summed E-state index contributed by atoms with van der Waals surface area (Å²) in [4.78, 5) is 9.73. The van der Waals surface area contributed by atoms with Crippen LogP contribution in [0.1, 0.15) is 20.3 Å². The largest absolute Gasteiger partial charge is 0.328 e. The molecule has 0 aliphatic rings. The average Bonchev–Trinajstić information content (AvgIpc) is 1.65. The summed E-state index contributed by atoms with van der Waals surface area (Å²) < 4.78 is 0. The van der Waals surface area contributed by atoms with Crippen LogP contribution in [0.5, 0.6) is 0 Å². The molecule has 3 nitrogen and oxygen atoms in total. The topological polar surface area (TPSA) is 55.4 Å². The summed E-state index contributed by atoms with van der Waals surface area (Å²) >= 11 is 0. The van der Waals surface area contributed by atoms with Crippen LogP contribution in [0.15, 0.2) is 5.18 Å². The first-order chi connectivity index (χ1) is 3.66. The maximum atomic E-state index is 9.73. The molecule has 0 spiro atoms. The Morgan fingerprint density at radius 2 is 2.12 bits per heavy atom. The van der Waals surface area contributed by atoms with Gasteiger partial charge in [-0.15, -0.1) is 0 Å². The fourth-order valence-corrected chi connectivity index (χ4v) is 0.581. The van der Waals surface area contributed by atoms with Crippen molar-refractivity contribution in [3.05, 3.63) is 4.91 Å². The van der Waals surface area contributed by atoms with Crippen molar-refractivity contribution in [2.45, 2.75) is 32.4 Å². The van der Waals surface area contributed by atoms with Crippen molar-refractivity contribution >= 4 is 0 Å². The highest BCUT2D eigenvalue weighted by molar-refractivity contribution is 4.64. The zero-order valence-corrected chi connectivity index (χ0v) is 5.29. The number of nitrogens with two attached hydrogens (primary N) is 1. The molecule has 0 aliphatic carbocycles. The van der Waals surface area contributed by atoms with Crippen LogP contribution in [0.3, 0.4) is 0 Å². The first kappa shape index (κ1) is 7.56. The summed E-state index contributed by atoms with van der Waals surface area (Å²) in [6.45, 7) is 3.62. The Morgan fingerprint density at radius 1 is 1.62 bits per heavy atom. The molecule has 2 unspecified atom stereocenters. The molecular weight excluding hydrogens is 104 g/mol. The molecule has 0 aromatic rings. The van der Waals surface area contributed by atoms with E-state index in [4.69, 9.17) is 5.73 Å². The first-order valence-corrected chi connectivity index (χ1v) is 2.75. The van der Waals surface area contributed by atoms with Crippen LogP contribution >= 0.6 is 0 Å². The molecule has 0 bridgehead atoms. The van der Waals surface area contributed by atoms with E-state index in [9.17, 15) is 4.91 Å². The Kier molecular flexibility index (Phi) is 3.35. The molecular formula is C5H12N2O. The molecule has 8 heavy (non-hydrogen) atoms. The molecule has 2 atom stereocenters.